The number of rotatable bonds is 6. The van der Waals surface area contributed by atoms with Crippen molar-refractivity contribution < 1.29 is 4.74 Å². The van der Waals surface area contributed by atoms with Crippen LogP contribution in [-0.4, -0.2) is 29.8 Å². The molecule has 2 rings (SSSR count). The van der Waals surface area contributed by atoms with Crippen molar-refractivity contribution in [1.82, 2.24) is 9.55 Å². The minimum absolute atomic E-state index is 0.0181. The molecule has 0 bridgehead atoms. The number of pyridine rings is 1. The number of hydrogen-bond acceptors (Lipinski definition) is 5. The number of hydrogen-bond donors (Lipinski definition) is 1. The molecule has 0 aliphatic carbocycles. The molecule has 0 spiro atoms. The summed E-state index contributed by atoms with van der Waals surface area (Å²) in [5, 5.41) is 5.90. The third-order valence-corrected chi connectivity index (χ3v) is 3.82. The average Bonchev–Trinajstić information content (AvgIpc) is 2.87. The highest BCUT2D eigenvalue weighted by molar-refractivity contribution is 7.14. The molecule has 1 N–H and O–H groups in total. The number of nitrogens with zero attached hydrogens (tertiary/aromatic N) is 2. The van der Waals surface area contributed by atoms with Crippen LogP contribution in [0.1, 0.15) is 12.6 Å². The summed E-state index contributed by atoms with van der Waals surface area (Å²) in [4.78, 5) is 17.0. The lowest BCUT2D eigenvalue weighted by Gasteiger charge is -2.10. The summed E-state index contributed by atoms with van der Waals surface area (Å²) >= 11 is 1.51. The van der Waals surface area contributed by atoms with Gasteiger partial charge >= 0.3 is 0 Å². The van der Waals surface area contributed by atoms with Gasteiger partial charge in [0.05, 0.1) is 17.9 Å². The van der Waals surface area contributed by atoms with Crippen molar-refractivity contribution in [2.24, 2.45) is 0 Å². The number of nitrogens with one attached hydrogen (secondary N) is 1. The maximum Gasteiger partial charge on any atom is 0.260 e. The average molecular weight is 293 g/mol. The molecular weight excluding hydrogens is 274 g/mol. The topological polar surface area (TPSA) is 56.1 Å². The molecule has 0 aliphatic rings. The predicted octanol–water partition coefficient (Wildman–Crippen LogP) is 2.36. The monoisotopic (exact) mass is 293 g/mol. The fraction of sp³-hybridized carbons (Fsp3) is 0.429. The minimum atomic E-state index is -0.0181. The zero-order valence-corrected chi connectivity index (χ0v) is 12.8. The Hall–Kier alpha value is -1.66. The number of anilines is 1. The molecule has 108 valence electrons. The Morgan fingerprint density at radius 1 is 1.45 bits per heavy atom. The first-order valence-corrected chi connectivity index (χ1v) is 7.44. The van der Waals surface area contributed by atoms with Crippen LogP contribution in [0.25, 0.3) is 11.3 Å². The molecule has 2 aromatic rings. The third-order valence-electron chi connectivity index (χ3n) is 3.02. The van der Waals surface area contributed by atoms with Crippen molar-refractivity contribution in [2.75, 3.05) is 25.6 Å². The van der Waals surface area contributed by atoms with Crippen LogP contribution in [0.4, 0.5) is 5.13 Å². The van der Waals surface area contributed by atoms with E-state index < -0.39 is 0 Å². The predicted molar refractivity (Wildman–Crippen MR) is 82.6 cm³/mol. The van der Waals surface area contributed by atoms with E-state index in [0.29, 0.717) is 18.7 Å². The highest BCUT2D eigenvalue weighted by atomic mass is 32.1. The van der Waals surface area contributed by atoms with Gasteiger partial charge in [-0.05, 0) is 26.0 Å². The number of methoxy groups -OCH3 is 1. The molecule has 0 unspecified atom stereocenters. The van der Waals surface area contributed by atoms with E-state index in [2.05, 4.69) is 10.3 Å². The van der Waals surface area contributed by atoms with Crippen molar-refractivity contribution >= 4 is 16.5 Å². The van der Waals surface area contributed by atoms with E-state index in [-0.39, 0.29) is 5.56 Å². The molecule has 6 heteroatoms. The Bertz CT molecular complexity index is 634. The molecule has 0 saturated heterocycles. The summed E-state index contributed by atoms with van der Waals surface area (Å²) in [6, 6.07) is 3.78. The highest BCUT2D eigenvalue weighted by Gasteiger charge is 2.11. The lowest BCUT2D eigenvalue weighted by molar-refractivity contribution is 0.185. The maximum atomic E-state index is 12.5. The summed E-state index contributed by atoms with van der Waals surface area (Å²) in [5.74, 6) is 0. The highest BCUT2D eigenvalue weighted by Crippen LogP contribution is 2.22. The second kappa shape index (κ2) is 6.67. The number of ether oxygens (including phenoxy) is 1. The van der Waals surface area contributed by atoms with Gasteiger partial charge in [0.1, 0.15) is 0 Å². The van der Waals surface area contributed by atoms with Gasteiger partial charge in [0.25, 0.3) is 5.56 Å². The van der Waals surface area contributed by atoms with Gasteiger partial charge in [0.15, 0.2) is 5.13 Å². The molecule has 5 nitrogen and oxygen atoms in total. The summed E-state index contributed by atoms with van der Waals surface area (Å²) < 4.78 is 6.78. The van der Waals surface area contributed by atoms with Gasteiger partial charge < -0.3 is 14.6 Å². The molecule has 0 radical (unpaired) electrons. The third kappa shape index (κ3) is 3.08. The van der Waals surface area contributed by atoms with Gasteiger partial charge in [-0.2, -0.15) is 0 Å². The van der Waals surface area contributed by atoms with E-state index in [0.717, 1.165) is 23.1 Å². The van der Waals surface area contributed by atoms with Crippen LogP contribution in [0.5, 0.6) is 0 Å². The van der Waals surface area contributed by atoms with Crippen molar-refractivity contribution in [3.05, 3.63) is 33.6 Å². The number of thiazole rings is 1. The van der Waals surface area contributed by atoms with E-state index in [9.17, 15) is 4.79 Å². The van der Waals surface area contributed by atoms with Crippen molar-refractivity contribution in [1.29, 1.82) is 0 Å². The van der Waals surface area contributed by atoms with Crippen LogP contribution in [0.2, 0.25) is 0 Å². The molecule has 2 heterocycles. The number of aromatic nitrogens is 2. The number of aryl methyl sites for hydroxylation is 1. The Balaban J connectivity index is 2.38. The van der Waals surface area contributed by atoms with Gasteiger partial charge in [-0.3, -0.25) is 4.79 Å². The standard InChI is InChI=1S/C14H19N3O2S/c1-4-15-14-16-12(9-20-14)11-6-5-10(2)17(13(11)18)7-8-19-3/h5-6,9H,4,7-8H2,1-3H3,(H,15,16). The molecule has 0 aliphatic heterocycles. The summed E-state index contributed by atoms with van der Waals surface area (Å²) in [5.41, 5.74) is 2.27. The second-order valence-corrected chi connectivity index (χ2v) is 5.26. The molecule has 2 aromatic heterocycles. The Morgan fingerprint density at radius 2 is 2.25 bits per heavy atom. The van der Waals surface area contributed by atoms with Crippen LogP contribution in [0.15, 0.2) is 22.3 Å². The molecule has 0 fully saturated rings. The van der Waals surface area contributed by atoms with Gasteiger partial charge in [0.2, 0.25) is 0 Å². The molecule has 0 aromatic carbocycles. The smallest absolute Gasteiger partial charge is 0.260 e. The maximum absolute atomic E-state index is 12.5. The van der Waals surface area contributed by atoms with E-state index in [1.807, 2.05) is 31.4 Å². The van der Waals surface area contributed by atoms with Crippen LogP contribution in [0.3, 0.4) is 0 Å². The largest absolute Gasteiger partial charge is 0.383 e. The normalized spacial score (nSPS) is 10.8. The van der Waals surface area contributed by atoms with Gasteiger partial charge in [0, 0.05) is 31.3 Å². The van der Waals surface area contributed by atoms with Gasteiger partial charge in [-0.15, -0.1) is 11.3 Å². The SMILES string of the molecule is CCNc1nc(-c2ccc(C)n(CCOC)c2=O)cs1. The van der Waals surface area contributed by atoms with Crippen LogP contribution >= 0.6 is 11.3 Å². The second-order valence-electron chi connectivity index (χ2n) is 4.41. The van der Waals surface area contributed by atoms with Crippen LogP contribution < -0.4 is 10.9 Å². The lowest BCUT2D eigenvalue weighted by atomic mass is 10.2. The van der Waals surface area contributed by atoms with E-state index in [1.165, 1.54) is 11.3 Å². The Morgan fingerprint density at radius 3 is 2.95 bits per heavy atom. The minimum Gasteiger partial charge on any atom is -0.383 e. The zero-order valence-electron chi connectivity index (χ0n) is 12.0. The van der Waals surface area contributed by atoms with E-state index in [4.69, 9.17) is 4.74 Å². The van der Waals surface area contributed by atoms with Crippen molar-refractivity contribution in [2.45, 2.75) is 20.4 Å². The zero-order chi connectivity index (χ0) is 14.5. The van der Waals surface area contributed by atoms with E-state index >= 15 is 0 Å². The van der Waals surface area contributed by atoms with Crippen molar-refractivity contribution in [3.8, 4) is 11.3 Å². The lowest BCUT2D eigenvalue weighted by Crippen LogP contribution is -2.25. The first-order valence-electron chi connectivity index (χ1n) is 6.56. The van der Waals surface area contributed by atoms with Crippen molar-refractivity contribution in [3.63, 3.8) is 0 Å². The van der Waals surface area contributed by atoms with E-state index in [1.54, 1.807) is 11.7 Å². The first-order chi connectivity index (χ1) is 9.67. The Kier molecular flexibility index (Phi) is 4.92. The molecule has 0 amide bonds. The van der Waals surface area contributed by atoms with Gasteiger partial charge in [-0.25, -0.2) is 4.98 Å². The fourth-order valence-electron chi connectivity index (χ4n) is 1.96. The Labute approximate surface area is 122 Å². The van der Waals surface area contributed by atoms with Crippen LogP contribution in [-0.2, 0) is 11.3 Å². The molecule has 20 heavy (non-hydrogen) atoms. The molecule has 0 saturated carbocycles. The quantitative estimate of drug-likeness (QED) is 0.888. The fourth-order valence-corrected chi connectivity index (χ4v) is 2.74. The summed E-state index contributed by atoms with van der Waals surface area (Å²) in [7, 11) is 1.63. The first kappa shape index (κ1) is 14.7. The summed E-state index contributed by atoms with van der Waals surface area (Å²) in [6.07, 6.45) is 0. The molecular formula is C14H19N3O2S. The van der Waals surface area contributed by atoms with Crippen LogP contribution in [0, 0.1) is 6.92 Å². The summed E-state index contributed by atoms with van der Waals surface area (Å²) in [6.45, 7) is 5.83. The molecule has 0 atom stereocenters. The van der Waals surface area contributed by atoms with Gasteiger partial charge in [-0.1, -0.05) is 0 Å².